The summed E-state index contributed by atoms with van der Waals surface area (Å²) < 4.78 is 0. The molecule has 5 rings (SSSR count). The number of rotatable bonds is 3. The van der Waals surface area contributed by atoms with Crippen LogP contribution in [0.5, 0.6) is 0 Å². The van der Waals surface area contributed by atoms with Crippen LogP contribution in [0, 0.1) is 16.7 Å². The minimum absolute atomic E-state index is 0. The van der Waals surface area contributed by atoms with E-state index in [2.05, 4.69) is 36.3 Å². The number of hydrogen-bond donors (Lipinski definition) is 1. The van der Waals surface area contributed by atoms with Crippen LogP contribution in [0.3, 0.4) is 0 Å². The summed E-state index contributed by atoms with van der Waals surface area (Å²) in [5, 5.41) is 3.97. The van der Waals surface area contributed by atoms with Crippen molar-refractivity contribution in [1.82, 2.24) is 10.3 Å². The average Bonchev–Trinajstić information content (AvgIpc) is 2.33. The molecule has 4 fully saturated rings. The van der Waals surface area contributed by atoms with Gasteiger partial charge in [-0.1, -0.05) is 13.8 Å². The van der Waals surface area contributed by atoms with Crippen molar-refractivity contribution in [3.05, 3.63) is 30.1 Å². The van der Waals surface area contributed by atoms with E-state index in [1.165, 1.54) is 44.1 Å². The molecular weight excluding hydrogens is 280 g/mol. The molecule has 0 saturated heterocycles. The van der Waals surface area contributed by atoms with Gasteiger partial charge in [-0.25, -0.2) is 0 Å². The molecule has 0 spiro atoms. The van der Waals surface area contributed by atoms with Crippen LogP contribution >= 0.6 is 0 Å². The van der Waals surface area contributed by atoms with E-state index >= 15 is 0 Å². The lowest BCUT2D eigenvalue weighted by Gasteiger charge is -2.65. The Morgan fingerprint density at radius 1 is 1.05 bits per heavy atom. The lowest BCUT2D eigenvalue weighted by atomic mass is 9.43. The molecule has 1 N–H and O–H groups in total. The van der Waals surface area contributed by atoms with Crippen LogP contribution in [0.1, 0.15) is 57.9 Å². The third kappa shape index (κ3) is 2.73. The van der Waals surface area contributed by atoms with Crippen LogP contribution < -0.4 is 17.7 Å². The van der Waals surface area contributed by atoms with Gasteiger partial charge in [-0.05, 0) is 73.0 Å². The predicted molar refractivity (Wildman–Crippen MR) is 81.2 cm³/mol. The highest BCUT2D eigenvalue weighted by Crippen LogP contribution is 2.66. The standard InChI is InChI=1S/C18H26N2.ClH/c1-16-7-15-8-17(2,11-16)13-18(9-15,12-16)20-10-14-3-5-19-6-4-14;/h3-6,15,20H,7-13H2,1-2H3;1H/p-1. The Kier molecular flexibility index (Phi) is 3.61. The van der Waals surface area contributed by atoms with Crippen LogP contribution in [0.4, 0.5) is 0 Å². The fourth-order valence-corrected chi connectivity index (χ4v) is 6.44. The average molecular weight is 306 g/mol. The highest BCUT2D eigenvalue weighted by molar-refractivity contribution is 5.16. The number of halogens is 1. The van der Waals surface area contributed by atoms with Gasteiger partial charge in [-0.3, -0.25) is 4.98 Å². The van der Waals surface area contributed by atoms with Gasteiger partial charge in [-0.2, -0.15) is 0 Å². The first-order chi connectivity index (χ1) is 9.49. The van der Waals surface area contributed by atoms with Crippen molar-refractivity contribution in [2.45, 2.75) is 64.5 Å². The zero-order valence-electron chi connectivity index (χ0n) is 13.2. The van der Waals surface area contributed by atoms with Gasteiger partial charge in [0.15, 0.2) is 0 Å². The van der Waals surface area contributed by atoms with E-state index in [9.17, 15) is 0 Å². The van der Waals surface area contributed by atoms with E-state index in [1.807, 2.05) is 12.4 Å². The van der Waals surface area contributed by atoms with Crippen LogP contribution in [-0.4, -0.2) is 10.5 Å². The Morgan fingerprint density at radius 3 is 2.24 bits per heavy atom. The lowest BCUT2D eigenvalue weighted by molar-refractivity contribution is -0.118. The second-order valence-electron chi connectivity index (χ2n) is 8.62. The second kappa shape index (κ2) is 4.96. The van der Waals surface area contributed by atoms with Crippen molar-refractivity contribution in [2.75, 3.05) is 0 Å². The maximum absolute atomic E-state index is 4.11. The Morgan fingerprint density at radius 2 is 1.67 bits per heavy atom. The Labute approximate surface area is 134 Å². The largest absolute Gasteiger partial charge is 1.00 e. The number of nitrogens with zero attached hydrogens (tertiary/aromatic N) is 1. The maximum Gasteiger partial charge on any atom is 0.0271 e. The molecule has 0 radical (unpaired) electrons. The SMILES string of the molecule is CC12CC3CC(C)(C1)CC(NCc1ccncc1)(C3)C2.[Cl-]. The molecule has 4 bridgehead atoms. The minimum atomic E-state index is 0. The van der Waals surface area contributed by atoms with Crippen molar-refractivity contribution in [1.29, 1.82) is 0 Å². The summed E-state index contributed by atoms with van der Waals surface area (Å²) in [6.07, 6.45) is 12.4. The molecule has 116 valence electrons. The zero-order chi connectivity index (χ0) is 13.8. The third-order valence-electron chi connectivity index (χ3n) is 6.04. The van der Waals surface area contributed by atoms with E-state index in [4.69, 9.17) is 0 Å². The Bertz CT molecular complexity index is 497. The van der Waals surface area contributed by atoms with Crippen LogP contribution in [0.25, 0.3) is 0 Å². The molecule has 4 aliphatic carbocycles. The van der Waals surface area contributed by atoms with Gasteiger partial charge in [0.25, 0.3) is 0 Å². The van der Waals surface area contributed by atoms with Gasteiger partial charge in [0.1, 0.15) is 0 Å². The van der Waals surface area contributed by atoms with E-state index in [0.717, 1.165) is 12.5 Å². The molecule has 21 heavy (non-hydrogen) atoms. The smallest absolute Gasteiger partial charge is 0.0271 e. The van der Waals surface area contributed by atoms with Gasteiger partial charge < -0.3 is 17.7 Å². The summed E-state index contributed by atoms with van der Waals surface area (Å²) in [5.41, 5.74) is 2.97. The van der Waals surface area contributed by atoms with Crippen molar-refractivity contribution in [3.8, 4) is 0 Å². The van der Waals surface area contributed by atoms with Crippen molar-refractivity contribution < 1.29 is 12.4 Å². The molecule has 4 saturated carbocycles. The number of hydrogen-bond acceptors (Lipinski definition) is 2. The quantitative estimate of drug-likeness (QED) is 0.898. The predicted octanol–water partition coefficient (Wildman–Crippen LogP) is 0.924. The summed E-state index contributed by atoms with van der Waals surface area (Å²) in [5.74, 6) is 0.964. The van der Waals surface area contributed by atoms with E-state index < -0.39 is 0 Å². The van der Waals surface area contributed by atoms with Crippen molar-refractivity contribution in [3.63, 3.8) is 0 Å². The van der Waals surface area contributed by atoms with Gasteiger partial charge in [0.2, 0.25) is 0 Å². The fraction of sp³-hybridized carbons (Fsp3) is 0.722. The van der Waals surface area contributed by atoms with Crippen molar-refractivity contribution >= 4 is 0 Å². The molecule has 0 amide bonds. The number of aromatic nitrogens is 1. The maximum atomic E-state index is 4.11. The van der Waals surface area contributed by atoms with Crippen LogP contribution in [0.2, 0.25) is 0 Å². The van der Waals surface area contributed by atoms with Crippen LogP contribution in [0.15, 0.2) is 24.5 Å². The summed E-state index contributed by atoms with van der Waals surface area (Å²) in [6.45, 7) is 6.08. The molecule has 1 aromatic heterocycles. The molecule has 0 aromatic carbocycles. The third-order valence-corrected chi connectivity index (χ3v) is 6.04. The molecule has 2 nitrogen and oxygen atoms in total. The number of nitrogens with one attached hydrogen (secondary N) is 1. The summed E-state index contributed by atoms with van der Waals surface area (Å²) in [6, 6.07) is 4.27. The molecule has 2 atom stereocenters. The van der Waals surface area contributed by atoms with Gasteiger partial charge in [-0.15, -0.1) is 0 Å². The van der Waals surface area contributed by atoms with E-state index in [1.54, 1.807) is 0 Å². The fourth-order valence-electron chi connectivity index (χ4n) is 6.44. The first kappa shape index (κ1) is 15.3. The molecule has 1 heterocycles. The second-order valence-corrected chi connectivity index (χ2v) is 8.62. The molecular formula is C18H26ClN2-. The van der Waals surface area contributed by atoms with E-state index in [-0.39, 0.29) is 12.4 Å². The molecule has 1 aromatic rings. The Hall–Kier alpha value is -0.600. The normalized spacial score (nSPS) is 43.6. The molecule has 2 unspecified atom stereocenters. The monoisotopic (exact) mass is 305 g/mol. The summed E-state index contributed by atoms with van der Waals surface area (Å²) in [4.78, 5) is 4.11. The van der Waals surface area contributed by atoms with Gasteiger partial charge in [0, 0.05) is 24.5 Å². The highest BCUT2D eigenvalue weighted by Gasteiger charge is 2.59. The Balaban J connectivity index is 0.00000132. The minimum Gasteiger partial charge on any atom is -1.00 e. The topological polar surface area (TPSA) is 24.9 Å². The first-order valence-electron chi connectivity index (χ1n) is 8.12. The van der Waals surface area contributed by atoms with E-state index in [0.29, 0.717) is 16.4 Å². The highest BCUT2D eigenvalue weighted by atomic mass is 35.5. The molecule has 0 aliphatic heterocycles. The molecule has 3 heteroatoms. The summed E-state index contributed by atoms with van der Waals surface area (Å²) >= 11 is 0. The molecule has 4 aliphatic rings. The summed E-state index contributed by atoms with van der Waals surface area (Å²) in [7, 11) is 0. The van der Waals surface area contributed by atoms with Crippen molar-refractivity contribution in [2.24, 2.45) is 16.7 Å². The zero-order valence-corrected chi connectivity index (χ0v) is 13.9. The van der Waals surface area contributed by atoms with Crippen LogP contribution in [-0.2, 0) is 6.54 Å². The van der Waals surface area contributed by atoms with Gasteiger partial charge in [0.05, 0.1) is 0 Å². The first-order valence-corrected chi connectivity index (χ1v) is 8.12. The lowest BCUT2D eigenvalue weighted by Crippen LogP contribution is -3.00. The van der Waals surface area contributed by atoms with Gasteiger partial charge >= 0.3 is 0 Å². The number of pyridine rings is 1.